The molecule has 1 aromatic carbocycles. The molecule has 0 fully saturated rings. The number of ether oxygens (including phenoxy) is 2. The fraction of sp³-hybridized carbons (Fsp3) is 0.294. The number of nitrogens with zero attached hydrogens (tertiary/aromatic N) is 3. The van der Waals surface area contributed by atoms with Crippen LogP contribution in [-0.2, 0) is 10.8 Å². The van der Waals surface area contributed by atoms with Gasteiger partial charge >= 0.3 is 12.5 Å². The summed E-state index contributed by atoms with van der Waals surface area (Å²) in [6.45, 7) is 0.685. The highest BCUT2D eigenvalue weighted by atomic mass is 19.4. The maximum atomic E-state index is 14.2. The first-order valence-corrected chi connectivity index (χ1v) is 7.96. The van der Waals surface area contributed by atoms with Crippen LogP contribution in [0.1, 0.15) is 12.7 Å². The van der Waals surface area contributed by atoms with Crippen LogP contribution in [0.25, 0.3) is 16.8 Å². The van der Waals surface area contributed by atoms with Gasteiger partial charge in [0.2, 0.25) is 5.82 Å². The van der Waals surface area contributed by atoms with Crippen molar-refractivity contribution in [2.75, 3.05) is 6.61 Å². The van der Waals surface area contributed by atoms with Gasteiger partial charge in [-0.2, -0.15) is 8.78 Å². The highest BCUT2D eigenvalue weighted by Gasteiger charge is 2.39. The SMILES string of the molecule is CC(O)COC(F)(F)c1nnc2ccc(-c3ccc(OC(F)(F)F)cc3)cn12. The molecular weight excluding hydrogens is 389 g/mol. The molecule has 2 aromatic heterocycles. The third-order valence-corrected chi connectivity index (χ3v) is 3.59. The zero-order valence-corrected chi connectivity index (χ0v) is 14.3. The van der Waals surface area contributed by atoms with Crippen LogP contribution in [-0.4, -0.2) is 38.8 Å². The average Bonchev–Trinajstić information content (AvgIpc) is 3.03. The molecule has 150 valence electrons. The summed E-state index contributed by atoms with van der Waals surface area (Å²) >= 11 is 0. The van der Waals surface area contributed by atoms with Crippen LogP contribution in [0.2, 0.25) is 0 Å². The summed E-state index contributed by atoms with van der Waals surface area (Å²) in [5.41, 5.74) is 1.01. The van der Waals surface area contributed by atoms with Crippen molar-refractivity contribution in [2.24, 2.45) is 0 Å². The number of alkyl halides is 5. The van der Waals surface area contributed by atoms with Gasteiger partial charge in [-0.1, -0.05) is 12.1 Å². The standard InChI is InChI=1S/C17H14F5N3O3/c1-10(26)9-27-16(18,19)15-24-23-14-7-4-12(8-25(14)15)11-2-5-13(6-3-11)28-17(20,21)22/h2-8,10,26H,9H2,1H3. The maximum Gasteiger partial charge on any atom is 0.573 e. The third kappa shape index (κ3) is 4.54. The van der Waals surface area contributed by atoms with Crippen molar-refractivity contribution in [2.45, 2.75) is 25.5 Å². The van der Waals surface area contributed by atoms with Gasteiger partial charge in [-0.05, 0) is 42.3 Å². The number of fused-ring (bicyclic) bond motifs is 1. The van der Waals surface area contributed by atoms with E-state index in [4.69, 9.17) is 5.11 Å². The Kier molecular flexibility index (Phi) is 5.22. The van der Waals surface area contributed by atoms with Crippen LogP contribution < -0.4 is 4.74 Å². The predicted octanol–water partition coefficient (Wildman–Crippen LogP) is 3.74. The molecular formula is C17H14F5N3O3. The minimum Gasteiger partial charge on any atom is -0.406 e. The molecule has 0 radical (unpaired) electrons. The van der Waals surface area contributed by atoms with Gasteiger partial charge in [-0.3, -0.25) is 4.40 Å². The lowest BCUT2D eigenvalue weighted by atomic mass is 10.1. The van der Waals surface area contributed by atoms with E-state index < -0.39 is 36.8 Å². The van der Waals surface area contributed by atoms with E-state index in [0.29, 0.717) is 11.1 Å². The average molecular weight is 403 g/mol. The van der Waals surface area contributed by atoms with Gasteiger partial charge in [0.15, 0.2) is 5.65 Å². The molecule has 28 heavy (non-hydrogen) atoms. The smallest absolute Gasteiger partial charge is 0.406 e. The highest BCUT2D eigenvalue weighted by Crippen LogP contribution is 2.31. The van der Waals surface area contributed by atoms with Gasteiger partial charge in [0.25, 0.3) is 0 Å². The number of hydrogen-bond donors (Lipinski definition) is 1. The molecule has 3 rings (SSSR count). The van der Waals surface area contributed by atoms with Crippen LogP contribution >= 0.6 is 0 Å². The first-order chi connectivity index (χ1) is 13.0. The zero-order valence-electron chi connectivity index (χ0n) is 14.3. The summed E-state index contributed by atoms with van der Waals surface area (Å²) in [6.07, 6.45) is -8.41. The molecule has 0 saturated heterocycles. The molecule has 1 N–H and O–H groups in total. The molecule has 0 spiro atoms. The molecule has 3 aromatic rings. The summed E-state index contributed by atoms with van der Waals surface area (Å²) in [5.74, 6) is -1.19. The number of halogens is 5. The van der Waals surface area contributed by atoms with E-state index in [0.717, 1.165) is 16.5 Å². The minimum absolute atomic E-state index is 0.121. The number of aromatic nitrogens is 3. The van der Waals surface area contributed by atoms with E-state index in [2.05, 4.69) is 19.7 Å². The molecule has 6 nitrogen and oxygen atoms in total. The summed E-state index contributed by atoms with van der Waals surface area (Å²) in [5, 5.41) is 16.2. The Morgan fingerprint density at radius 1 is 1.00 bits per heavy atom. The Balaban J connectivity index is 1.91. The molecule has 0 amide bonds. The third-order valence-electron chi connectivity index (χ3n) is 3.59. The lowest BCUT2D eigenvalue weighted by Gasteiger charge is -2.16. The Bertz CT molecular complexity index is 955. The summed E-state index contributed by atoms with van der Waals surface area (Å²) < 4.78 is 74.4. The molecule has 0 bridgehead atoms. The number of aliphatic hydroxyl groups excluding tert-OH is 1. The first kappa shape index (κ1) is 20.0. The van der Waals surface area contributed by atoms with E-state index in [-0.39, 0.29) is 5.65 Å². The number of aliphatic hydroxyl groups is 1. The fourth-order valence-corrected chi connectivity index (χ4v) is 2.40. The van der Waals surface area contributed by atoms with Crippen molar-refractivity contribution >= 4 is 5.65 Å². The van der Waals surface area contributed by atoms with Crippen LogP contribution in [0.4, 0.5) is 22.0 Å². The van der Waals surface area contributed by atoms with Gasteiger partial charge in [-0.15, -0.1) is 23.4 Å². The Labute approximate surface area is 155 Å². The van der Waals surface area contributed by atoms with E-state index in [1.165, 1.54) is 31.3 Å². The van der Waals surface area contributed by atoms with Crippen molar-refractivity contribution in [3.63, 3.8) is 0 Å². The predicted molar refractivity (Wildman–Crippen MR) is 86.6 cm³/mol. The minimum atomic E-state index is -4.81. The summed E-state index contributed by atoms with van der Waals surface area (Å²) in [6, 6.07) is 7.92. The van der Waals surface area contributed by atoms with Gasteiger partial charge in [-0.25, -0.2) is 0 Å². The molecule has 11 heteroatoms. The van der Waals surface area contributed by atoms with Crippen molar-refractivity contribution < 1.29 is 36.5 Å². The van der Waals surface area contributed by atoms with Crippen molar-refractivity contribution in [3.05, 3.63) is 48.4 Å². The molecule has 0 aliphatic carbocycles. The normalized spacial score (nSPS) is 13.7. The molecule has 0 aliphatic rings. The van der Waals surface area contributed by atoms with E-state index in [9.17, 15) is 22.0 Å². The zero-order chi connectivity index (χ0) is 20.5. The second-order valence-corrected chi connectivity index (χ2v) is 5.92. The van der Waals surface area contributed by atoms with Crippen molar-refractivity contribution in [1.29, 1.82) is 0 Å². The Hall–Kier alpha value is -2.79. The van der Waals surface area contributed by atoms with E-state index >= 15 is 0 Å². The number of hydrogen-bond acceptors (Lipinski definition) is 5. The number of benzene rings is 1. The first-order valence-electron chi connectivity index (χ1n) is 7.96. The maximum absolute atomic E-state index is 14.2. The van der Waals surface area contributed by atoms with Gasteiger partial charge < -0.3 is 14.6 Å². The Morgan fingerprint density at radius 2 is 1.64 bits per heavy atom. The molecule has 0 saturated carbocycles. The van der Waals surface area contributed by atoms with Crippen molar-refractivity contribution in [1.82, 2.24) is 14.6 Å². The molecule has 1 atom stereocenters. The van der Waals surface area contributed by atoms with Crippen LogP contribution in [0.5, 0.6) is 5.75 Å². The highest BCUT2D eigenvalue weighted by molar-refractivity contribution is 5.65. The molecule has 0 aliphatic heterocycles. The lowest BCUT2D eigenvalue weighted by Crippen LogP contribution is -2.26. The molecule has 2 heterocycles. The fourth-order valence-electron chi connectivity index (χ4n) is 2.40. The Morgan fingerprint density at radius 3 is 2.25 bits per heavy atom. The molecule has 1 unspecified atom stereocenters. The van der Waals surface area contributed by atoms with Crippen LogP contribution in [0, 0.1) is 0 Å². The van der Waals surface area contributed by atoms with Gasteiger partial charge in [0, 0.05) is 6.20 Å². The lowest BCUT2D eigenvalue weighted by molar-refractivity contribution is -0.274. The van der Waals surface area contributed by atoms with Gasteiger partial charge in [0.05, 0.1) is 12.7 Å². The van der Waals surface area contributed by atoms with E-state index in [1.54, 1.807) is 6.07 Å². The summed E-state index contributed by atoms with van der Waals surface area (Å²) in [7, 11) is 0. The monoisotopic (exact) mass is 403 g/mol. The topological polar surface area (TPSA) is 68.9 Å². The largest absolute Gasteiger partial charge is 0.573 e. The van der Waals surface area contributed by atoms with Crippen molar-refractivity contribution in [3.8, 4) is 16.9 Å². The van der Waals surface area contributed by atoms with E-state index in [1.807, 2.05) is 0 Å². The number of pyridine rings is 1. The van der Waals surface area contributed by atoms with Crippen LogP contribution in [0.15, 0.2) is 42.6 Å². The quantitative estimate of drug-likeness (QED) is 0.635. The second-order valence-electron chi connectivity index (χ2n) is 5.92. The van der Waals surface area contributed by atoms with Gasteiger partial charge in [0.1, 0.15) is 5.75 Å². The van der Waals surface area contributed by atoms with Crippen LogP contribution in [0.3, 0.4) is 0 Å². The second kappa shape index (κ2) is 7.32. The summed E-state index contributed by atoms with van der Waals surface area (Å²) in [4.78, 5) is 0. The number of rotatable bonds is 6.